The van der Waals surface area contributed by atoms with Crippen LogP contribution in [0.1, 0.15) is 104 Å². The number of phosphoric ester groups is 1. The SMILES string of the molecule is CCCCC/C=C\C/C=C\CCCCCCCC(=O)OC(COC(=O)CCC)COP(=O)(O)OCC(N)C(=O)O. The number of allylic oxidation sites excluding steroid dienone is 4. The Balaban J connectivity index is 4.29. The molecule has 0 spiro atoms. The largest absolute Gasteiger partial charge is 0.480 e. The number of phosphoric acid groups is 1. The molecule has 232 valence electrons. The molecular formula is C28H50NO10P. The molecule has 0 heterocycles. The molecule has 12 heteroatoms. The molecule has 0 fully saturated rings. The summed E-state index contributed by atoms with van der Waals surface area (Å²) in [6.45, 7) is 2.29. The van der Waals surface area contributed by atoms with Gasteiger partial charge in [-0.1, -0.05) is 70.3 Å². The van der Waals surface area contributed by atoms with Crippen LogP contribution in [0.15, 0.2) is 24.3 Å². The Hall–Kier alpha value is -2.04. The van der Waals surface area contributed by atoms with Crippen molar-refractivity contribution >= 4 is 25.7 Å². The van der Waals surface area contributed by atoms with E-state index >= 15 is 0 Å². The lowest BCUT2D eigenvalue weighted by Gasteiger charge is -2.20. The van der Waals surface area contributed by atoms with Crippen molar-refractivity contribution in [2.24, 2.45) is 5.73 Å². The molecule has 0 saturated heterocycles. The van der Waals surface area contributed by atoms with Crippen molar-refractivity contribution in [3.63, 3.8) is 0 Å². The van der Waals surface area contributed by atoms with Crippen LogP contribution in [-0.4, -0.2) is 59.9 Å². The Morgan fingerprint density at radius 1 is 0.775 bits per heavy atom. The average Bonchev–Trinajstić information content (AvgIpc) is 2.91. The summed E-state index contributed by atoms with van der Waals surface area (Å²) in [7, 11) is -4.68. The highest BCUT2D eigenvalue weighted by atomic mass is 31.2. The van der Waals surface area contributed by atoms with Crippen molar-refractivity contribution in [2.45, 2.75) is 116 Å². The fourth-order valence-electron chi connectivity index (χ4n) is 3.36. The molecule has 0 rings (SSSR count). The number of carboxylic acids is 1. The van der Waals surface area contributed by atoms with Crippen LogP contribution in [0, 0.1) is 0 Å². The number of hydrogen-bond acceptors (Lipinski definition) is 9. The summed E-state index contributed by atoms with van der Waals surface area (Å²) in [5.74, 6) is -2.47. The van der Waals surface area contributed by atoms with E-state index in [-0.39, 0.29) is 19.4 Å². The molecule has 4 N–H and O–H groups in total. The molecule has 0 aromatic heterocycles. The molecule has 0 aliphatic carbocycles. The predicted molar refractivity (Wildman–Crippen MR) is 152 cm³/mol. The van der Waals surface area contributed by atoms with Crippen molar-refractivity contribution in [1.82, 2.24) is 0 Å². The minimum atomic E-state index is -4.68. The second kappa shape index (κ2) is 24.7. The van der Waals surface area contributed by atoms with E-state index in [1.54, 1.807) is 6.92 Å². The highest BCUT2D eigenvalue weighted by Gasteiger charge is 2.28. The smallest absolute Gasteiger partial charge is 0.472 e. The fraction of sp³-hybridized carbons (Fsp3) is 0.750. The number of aliphatic carboxylic acids is 1. The topological polar surface area (TPSA) is 172 Å². The van der Waals surface area contributed by atoms with Crippen LogP contribution >= 0.6 is 7.82 Å². The van der Waals surface area contributed by atoms with Gasteiger partial charge in [0.15, 0.2) is 6.10 Å². The van der Waals surface area contributed by atoms with Gasteiger partial charge in [0.2, 0.25) is 0 Å². The minimum Gasteiger partial charge on any atom is -0.480 e. The minimum absolute atomic E-state index is 0.144. The van der Waals surface area contributed by atoms with Gasteiger partial charge in [0, 0.05) is 12.8 Å². The van der Waals surface area contributed by atoms with E-state index in [9.17, 15) is 23.8 Å². The van der Waals surface area contributed by atoms with E-state index in [2.05, 4.69) is 35.8 Å². The highest BCUT2D eigenvalue weighted by molar-refractivity contribution is 7.47. The number of esters is 2. The van der Waals surface area contributed by atoms with Gasteiger partial charge in [0.25, 0.3) is 0 Å². The van der Waals surface area contributed by atoms with Crippen molar-refractivity contribution < 1.29 is 47.5 Å². The van der Waals surface area contributed by atoms with Crippen LogP contribution in [0.4, 0.5) is 0 Å². The monoisotopic (exact) mass is 591 g/mol. The summed E-state index contributed by atoms with van der Waals surface area (Å²) in [4.78, 5) is 44.5. The quantitative estimate of drug-likeness (QED) is 0.0495. The van der Waals surface area contributed by atoms with Gasteiger partial charge in [-0.25, -0.2) is 4.57 Å². The van der Waals surface area contributed by atoms with Crippen molar-refractivity contribution in [1.29, 1.82) is 0 Å². The number of ether oxygens (including phenoxy) is 2. The van der Waals surface area contributed by atoms with Crippen LogP contribution in [0.5, 0.6) is 0 Å². The number of nitrogens with two attached hydrogens (primary N) is 1. The third-order valence-electron chi connectivity index (χ3n) is 5.67. The lowest BCUT2D eigenvalue weighted by molar-refractivity contribution is -0.161. The molecule has 3 atom stereocenters. The summed E-state index contributed by atoms with van der Waals surface area (Å²) < 4.78 is 31.7. The molecule has 0 aliphatic rings. The molecule has 0 aliphatic heterocycles. The van der Waals surface area contributed by atoms with Gasteiger partial charge in [-0.3, -0.25) is 23.4 Å². The number of carboxylic acid groups (broad SMARTS) is 1. The van der Waals surface area contributed by atoms with E-state index in [1.807, 2.05) is 0 Å². The first kappa shape index (κ1) is 38.0. The van der Waals surface area contributed by atoms with Gasteiger partial charge in [-0.2, -0.15) is 0 Å². The van der Waals surface area contributed by atoms with Gasteiger partial charge in [0.05, 0.1) is 13.2 Å². The second-order valence-corrected chi connectivity index (χ2v) is 11.0. The van der Waals surface area contributed by atoms with E-state index in [0.29, 0.717) is 12.8 Å². The van der Waals surface area contributed by atoms with E-state index in [1.165, 1.54) is 19.3 Å². The standard InChI is InChI=1S/C28H50NO10P/c1-3-5-6-7-8-9-10-11-12-13-14-15-16-17-18-20-27(31)39-24(21-36-26(30)19-4-2)22-37-40(34,35)38-23-25(29)28(32)33/h8-9,11-12,24-25H,3-7,10,13-23,29H2,1-2H3,(H,32,33)(H,34,35)/b9-8-,12-11-. The van der Waals surface area contributed by atoms with Crippen LogP contribution in [0.3, 0.4) is 0 Å². The molecule has 0 radical (unpaired) electrons. The number of carbonyl (C=O) groups excluding carboxylic acids is 2. The maximum absolute atomic E-state index is 12.3. The Morgan fingerprint density at radius 3 is 2.00 bits per heavy atom. The number of hydrogen-bond donors (Lipinski definition) is 3. The molecule has 11 nitrogen and oxygen atoms in total. The zero-order valence-corrected chi connectivity index (χ0v) is 25.1. The predicted octanol–water partition coefficient (Wildman–Crippen LogP) is 5.60. The number of unbranched alkanes of at least 4 members (excludes halogenated alkanes) is 8. The van der Waals surface area contributed by atoms with Crippen LogP contribution in [-0.2, 0) is 37.5 Å². The van der Waals surface area contributed by atoms with Gasteiger partial charge in [-0.05, 0) is 44.9 Å². The average molecular weight is 592 g/mol. The van der Waals surface area contributed by atoms with Crippen molar-refractivity contribution in [2.75, 3.05) is 19.8 Å². The van der Waals surface area contributed by atoms with Gasteiger partial charge >= 0.3 is 25.7 Å². The molecule has 0 aromatic rings. The maximum Gasteiger partial charge on any atom is 0.472 e. The Labute approximate surface area is 239 Å². The highest BCUT2D eigenvalue weighted by Crippen LogP contribution is 2.43. The van der Waals surface area contributed by atoms with Gasteiger partial charge in [-0.15, -0.1) is 0 Å². The van der Waals surface area contributed by atoms with E-state index in [4.69, 9.17) is 24.8 Å². The molecule has 40 heavy (non-hydrogen) atoms. The Bertz CT molecular complexity index is 802. The fourth-order valence-corrected chi connectivity index (χ4v) is 4.14. The lowest BCUT2D eigenvalue weighted by atomic mass is 10.1. The normalized spacial score (nSPS) is 14.7. The number of carbonyl (C=O) groups is 3. The van der Waals surface area contributed by atoms with Crippen LogP contribution < -0.4 is 5.73 Å². The third kappa shape index (κ3) is 23.8. The third-order valence-corrected chi connectivity index (χ3v) is 6.62. The molecule has 0 amide bonds. The number of rotatable bonds is 26. The van der Waals surface area contributed by atoms with E-state index < -0.39 is 51.1 Å². The zero-order chi connectivity index (χ0) is 30.1. The van der Waals surface area contributed by atoms with Crippen molar-refractivity contribution in [3.05, 3.63) is 24.3 Å². The molecule has 0 bridgehead atoms. The van der Waals surface area contributed by atoms with Crippen molar-refractivity contribution in [3.8, 4) is 0 Å². The van der Waals surface area contributed by atoms with E-state index in [0.717, 1.165) is 44.9 Å². The summed E-state index contributed by atoms with van der Waals surface area (Å²) in [6, 6.07) is -1.52. The maximum atomic E-state index is 12.3. The van der Waals surface area contributed by atoms with Gasteiger partial charge < -0.3 is 25.2 Å². The molecule has 0 saturated carbocycles. The zero-order valence-electron chi connectivity index (χ0n) is 24.2. The summed E-state index contributed by atoms with van der Waals surface area (Å²) in [6.07, 6.45) is 20.2. The molecule has 3 unspecified atom stereocenters. The second-order valence-electron chi connectivity index (χ2n) is 9.53. The Morgan fingerprint density at radius 2 is 1.38 bits per heavy atom. The summed E-state index contributed by atoms with van der Waals surface area (Å²) in [5.41, 5.74) is 5.24. The first-order valence-corrected chi connectivity index (χ1v) is 15.9. The molecule has 0 aromatic carbocycles. The van der Waals surface area contributed by atoms with Gasteiger partial charge in [0.1, 0.15) is 12.6 Å². The molecular weight excluding hydrogens is 541 g/mol. The van der Waals surface area contributed by atoms with Crippen LogP contribution in [0.2, 0.25) is 0 Å². The first-order chi connectivity index (χ1) is 19.1. The summed E-state index contributed by atoms with van der Waals surface area (Å²) in [5, 5.41) is 8.74. The Kier molecular flexibility index (Phi) is 23.5. The summed E-state index contributed by atoms with van der Waals surface area (Å²) >= 11 is 0. The lowest BCUT2D eigenvalue weighted by Crippen LogP contribution is -2.34. The van der Waals surface area contributed by atoms with Crippen LogP contribution in [0.25, 0.3) is 0 Å². The first-order valence-electron chi connectivity index (χ1n) is 14.4.